The highest BCUT2D eigenvalue weighted by Crippen LogP contribution is 2.29. The van der Waals surface area contributed by atoms with Crippen molar-refractivity contribution in [3.8, 4) is 5.75 Å². The topological polar surface area (TPSA) is 58.6 Å². The summed E-state index contributed by atoms with van der Waals surface area (Å²) in [5.74, 6) is -13.9. The number of nitrogens with one attached hydrogen (secondary N) is 1. The predicted molar refractivity (Wildman–Crippen MR) is 56.8 cm³/mol. The van der Waals surface area contributed by atoms with Gasteiger partial charge in [-0.1, -0.05) is 0 Å². The van der Waals surface area contributed by atoms with Crippen molar-refractivity contribution in [2.45, 2.75) is 12.5 Å². The Labute approximate surface area is 110 Å². The average Bonchev–Trinajstić information content (AvgIpc) is 2.42. The lowest BCUT2D eigenvalue weighted by Gasteiger charge is -2.24. The number of halogens is 5. The van der Waals surface area contributed by atoms with Gasteiger partial charge in [0.2, 0.25) is 29.1 Å². The van der Waals surface area contributed by atoms with E-state index in [1.54, 1.807) is 0 Å². The van der Waals surface area contributed by atoms with Crippen LogP contribution in [0.5, 0.6) is 5.75 Å². The summed E-state index contributed by atoms with van der Waals surface area (Å²) in [7, 11) is 1.23. The van der Waals surface area contributed by atoms with Gasteiger partial charge in [-0.3, -0.25) is 4.79 Å². The average molecular weight is 299 g/mol. The van der Waals surface area contributed by atoms with E-state index < -0.39 is 53.0 Å². The molecule has 1 rings (SSSR count). The standard InChI is InChI=1S/C11H10F5NO3/c1-11(17-2,10(18)19)3-20-9-7(15)5(13)4(12)6(14)8(9)16/h17H,3H2,1-2H3,(H,18,19). The minimum atomic E-state index is -2.32. The summed E-state index contributed by atoms with van der Waals surface area (Å²) in [6, 6.07) is 0. The van der Waals surface area contributed by atoms with Crippen molar-refractivity contribution in [3.63, 3.8) is 0 Å². The fourth-order valence-electron chi connectivity index (χ4n) is 1.17. The molecule has 0 aliphatic heterocycles. The summed E-state index contributed by atoms with van der Waals surface area (Å²) in [4.78, 5) is 10.9. The van der Waals surface area contributed by atoms with Crippen molar-refractivity contribution >= 4 is 5.97 Å². The van der Waals surface area contributed by atoms with Crippen molar-refractivity contribution in [1.29, 1.82) is 0 Å². The Hall–Kier alpha value is -1.90. The Morgan fingerprint density at radius 1 is 1.10 bits per heavy atom. The van der Waals surface area contributed by atoms with Crippen LogP contribution in [0.2, 0.25) is 0 Å². The molecule has 0 aromatic heterocycles. The van der Waals surface area contributed by atoms with Gasteiger partial charge in [0.1, 0.15) is 12.1 Å². The third-order valence-corrected chi connectivity index (χ3v) is 2.70. The van der Waals surface area contributed by atoms with Crippen LogP contribution in [0.15, 0.2) is 0 Å². The van der Waals surface area contributed by atoms with Crippen LogP contribution in [-0.2, 0) is 4.79 Å². The van der Waals surface area contributed by atoms with Gasteiger partial charge in [-0.25, -0.2) is 13.2 Å². The quantitative estimate of drug-likeness (QED) is 0.495. The van der Waals surface area contributed by atoms with Crippen molar-refractivity contribution in [2.75, 3.05) is 13.7 Å². The molecular formula is C11H10F5NO3. The third-order valence-electron chi connectivity index (χ3n) is 2.70. The molecule has 4 nitrogen and oxygen atoms in total. The van der Waals surface area contributed by atoms with Crippen LogP contribution in [0.4, 0.5) is 22.0 Å². The molecular weight excluding hydrogens is 289 g/mol. The molecule has 0 saturated carbocycles. The van der Waals surface area contributed by atoms with E-state index >= 15 is 0 Å². The summed E-state index contributed by atoms with van der Waals surface area (Å²) >= 11 is 0. The molecule has 0 bridgehead atoms. The molecule has 0 saturated heterocycles. The summed E-state index contributed by atoms with van der Waals surface area (Å²) in [5, 5.41) is 11.2. The summed E-state index contributed by atoms with van der Waals surface area (Å²) in [6.45, 7) is 0.262. The number of carboxylic acids is 1. The molecule has 0 fully saturated rings. The van der Waals surface area contributed by atoms with E-state index in [0.717, 1.165) is 6.92 Å². The van der Waals surface area contributed by atoms with Crippen LogP contribution in [0.3, 0.4) is 0 Å². The highest BCUT2D eigenvalue weighted by molar-refractivity contribution is 5.78. The van der Waals surface area contributed by atoms with E-state index in [9.17, 15) is 26.7 Å². The number of carboxylic acid groups (broad SMARTS) is 1. The number of rotatable bonds is 5. The fourth-order valence-corrected chi connectivity index (χ4v) is 1.17. The lowest BCUT2D eigenvalue weighted by atomic mass is 10.1. The third kappa shape index (κ3) is 2.67. The maximum atomic E-state index is 13.3. The number of likely N-dealkylation sites (N-methyl/N-ethyl adjacent to an activating group) is 1. The highest BCUT2D eigenvalue weighted by atomic mass is 19.2. The van der Waals surface area contributed by atoms with Gasteiger partial charge in [-0.05, 0) is 14.0 Å². The SMILES string of the molecule is CNC(C)(COc1c(F)c(F)c(F)c(F)c1F)C(=O)O. The largest absolute Gasteiger partial charge is 0.485 e. The molecule has 1 unspecified atom stereocenters. The number of aliphatic carboxylic acids is 1. The Bertz CT molecular complexity index is 522. The highest BCUT2D eigenvalue weighted by Gasteiger charge is 2.34. The molecule has 0 aliphatic rings. The molecule has 0 heterocycles. The van der Waals surface area contributed by atoms with Crippen molar-refractivity contribution < 1.29 is 36.6 Å². The lowest BCUT2D eigenvalue weighted by Crippen LogP contribution is -2.52. The molecule has 1 atom stereocenters. The van der Waals surface area contributed by atoms with Gasteiger partial charge in [-0.15, -0.1) is 0 Å². The Morgan fingerprint density at radius 3 is 1.85 bits per heavy atom. The van der Waals surface area contributed by atoms with Crippen molar-refractivity contribution in [1.82, 2.24) is 5.32 Å². The predicted octanol–water partition coefficient (Wildman–Crippen LogP) is 1.82. The first kappa shape index (κ1) is 16.2. The maximum Gasteiger partial charge on any atom is 0.327 e. The van der Waals surface area contributed by atoms with Crippen molar-refractivity contribution in [2.24, 2.45) is 0 Å². The normalized spacial score (nSPS) is 13.9. The number of hydrogen-bond acceptors (Lipinski definition) is 3. The molecule has 0 aliphatic carbocycles. The van der Waals surface area contributed by atoms with Gasteiger partial charge in [-0.2, -0.15) is 8.78 Å². The molecule has 2 N–H and O–H groups in total. The summed E-state index contributed by atoms with van der Waals surface area (Å²) in [5.41, 5.74) is -1.76. The van der Waals surface area contributed by atoms with Crippen LogP contribution in [0.25, 0.3) is 0 Å². The van der Waals surface area contributed by atoms with E-state index in [0.29, 0.717) is 0 Å². The first-order valence-electron chi connectivity index (χ1n) is 5.22. The minimum Gasteiger partial charge on any atom is -0.485 e. The Morgan fingerprint density at radius 2 is 1.50 bits per heavy atom. The summed E-state index contributed by atoms with van der Waals surface area (Å²) in [6.07, 6.45) is 0. The van der Waals surface area contributed by atoms with Gasteiger partial charge in [0.05, 0.1) is 0 Å². The second kappa shape index (κ2) is 5.61. The van der Waals surface area contributed by atoms with Gasteiger partial charge in [0, 0.05) is 0 Å². The first-order chi connectivity index (χ1) is 9.15. The zero-order valence-corrected chi connectivity index (χ0v) is 10.4. The zero-order chi connectivity index (χ0) is 15.7. The Balaban J connectivity index is 3.15. The van der Waals surface area contributed by atoms with Gasteiger partial charge in [0.25, 0.3) is 0 Å². The second-order valence-corrected chi connectivity index (χ2v) is 4.07. The van der Waals surface area contributed by atoms with Gasteiger partial charge in [0.15, 0.2) is 5.75 Å². The van der Waals surface area contributed by atoms with E-state index in [-0.39, 0.29) is 0 Å². The van der Waals surface area contributed by atoms with Gasteiger partial charge < -0.3 is 15.2 Å². The van der Waals surface area contributed by atoms with Crippen LogP contribution < -0.4 is 10.1 Å². The van der Waals surface area contributed by atoms with Crippen LogP contribution >= 0.6 is 0 Å². The van der Waals surface area contributed by atoms with Crippen LogP contribution in [0.1, 0.15) is 6.92 Å². The lowest BCUT2D eigenvalue weighted by molar-refractivity contribution is -0.145. The van der Waals surface area contributed by atoms with E-state index in [4.69, 9.17) is 5.11 Å². The molecule has 9 heteroatoms. The molecule has 112 valence electrons. The monoisotopic (exact) mass is 299 g/mol. The second-order valence-electron chi connectivity index (χ2n) is 4.07. The number of carbonyl (C=O) groups is 1. The molecule has 1 aromatic carbocycles. The number of ether oxygens (including phenoxy) is 1. The molecule has 0 spiro atoms. The van der Waals surface area contributed by atoms with Crippen LogP contribution in [-0.4, -0.2) is 30.3 Å². The van der Waals surface area contributed by atoms with E-state index in [2.05, 4.69) is 10.1 Å². The number of hydrogen-bond donors (Lipinski definition) is 2. The molecule has 0 radical (unpaired) electrons. The van der Waals surface area contributed by atoms with Crippen LogP contribution in [0, 0.1) is 29.1 Å². The number of benzene rings is 1. The van der Waals surface area contributed by atoms with Crippen molar-refractivity contribution in [3.05, 3.63) is 29.1 Å². The fraction of sp³-hybridized carbons (Fsp3) is 0.364. The molecule has 20 heavy (non-hydrogen) atoms. The summed E-state index contributed by atoms with van der Waals surface area (Å²) < 4.78 is 69.6. The zero-order valence-electron chi connectivity index (χ0n) is 10.4. The Kier molecular flexibility index (Phi) is 4.53. The van der Waals surface area contributed by atoms with Gasteiger partial charge >= 0.3 is 5.97 Å². The smallest absolute Gasteiger partial charge is 0.327 e. The molecule has 1 aromatic rings. The van der Waals surface area contributed by atoms with E-state index in [1.807, 2.05) is 0 Å². The molecule has 0 amide bonds. The first-order valence-corrected chi connectivity index (χ1v) is 5.22. The maximum absolute atomic E-state index is 13.3. The van der Waals surface area contributed by atoms with E-state index in [1.165, 1.54) is 7.05 Å². The minimum absolute atomic E-state index is 0.850.